The van der Waals surface area contributed by atoms with Crippen molar-refractivity contribution in [3.63, 3.8) is 0 Å². The molecule has 1 aliphatic heterocycles. The van der Waals surface area contributed by atoms with Crippen LogP contribution in [-0.4, -0.2) is 57.7 Å². The topological polar surface area (TPSA) is 139 Å². The second-order valence-electron chi connectivity index (χ2n) is 2.95. The van der Waals surface area contributed by atoms with Crippen LogP contribution in [-0.2, 0) is 4.74 Å². The molecule has 0 spiro atoms. The van der Waals surface area contributed by atoms with Gasteiger partial charge in [0.15, 0.2) is 6.29 Å². The maximum atomic E-state index is 9.32. The summed E-state index contributed by atoms with van der Waals surface area (Å²) in [5.41, 5.74) is 8.01. The van der Waals surface area contributed by atoms with E-state index in [9.17, 15) is 10.2 Å². The molecule has 4 N–H and O–H groups in total. The molecule has 0 aromatic rings. The minimum Gasteiger partial charge on any atom is -0.388 e. The zero-order chi connectivity index (χ0) is 10.7. The lowest BCUT2D eigenvalue weighted by Crippen LogP contribution is -2.58. The van der Waals surface area contributed by atoms with Gasteiger partial charge in [0.25, 0.3) is 0 Å². The Kier molecular flexibility index (Phi) is 3.64. The van der Waals surface area contributed by atoms with Crippen LogP contribution in [0.25, 0.3) is 10.4 Å². The van der Waals surface area contributed by atoms with Gasteiger partial charge in [-0.25, -0.2) is 0 Å². The second-order valence-corrected chi connectivity index (χ2v) is 2.95. The predicted molar refractivity (Wildman–Crippen MR) is 42.9 cm³/mol. The van der Waals surface area contributed by atoms with Gasteiger partial charge in [-0.2, -0.15) is 0 Å². The van der Waals surface area contributed by atoms with Gasteiger partial charge in [-0.05, 0) is 5.53 Å². The fourth-order valence-corrected chi connectivity index (χ4v) is 1.20. The highest BCUT2D eigenvalue weighted by molar-refractivity contribution is 4.89. The molecule has 5 atom stereocenters. The summed E-state index contributed by atoms with van der Waals surface area (Å²) in [5.74, 6) is 0. The van der Waals surface area contributed by atoms with Gasteiger partial charge in [-0.15, -0.1) is 0 Å². The zero-order valence-corrected chi connectivity index (χ0v) is 7.13. The van der Waals surface area contributed by atoms with E-state index in [4.69, 9.17) is 20.5 Å². The number of hydrogen-bond acceptors (Lipinski definition) is 6. The Labute approximate surface area is 79.0 Å². The molecule has 1 saturated heterocycles. The van der Waals surface area contributed by atoms with Gasteiger partial charge in [0.1, 0.15) is 18.3 Å². The average Bonchev–Trinajstić information content (AvgIpc) is 2.18. The maximum Gasteiger partial charge on any atom is 0.183 e. The number of aliphatic hydroxyl groups is 4. The molecule has 1 rings (SSSR count). The highest BCUT2D eigenvalue weighted by Gasteiger charge is 2.42. The molecule has 0 aromatic carbocycles. The van der Waals surface area contributed by atoms with Crippen molar-refractivity contribution in [2.75, 3.05) is 6.54 Å². The van der Waals surface area contributed by atoms with Crippen LogP contribution in [0.15, 0.2) is 5.11 Å². The van der Waals surface area contributed by atoms with Crippen LogP contribution in [0.4, 0.5) is 0 Å². The molecule has 1 heterocycles. The van der Waals surface area contributed by atoms with Crippen LogP contribution < -0.4 is 0 Å². The number of azide groups is 1. The van der Waals surface area contributed by atoms with Crippen LogP contribution in [0.5, 0.6) is 0 Å². The van der Waals surface area contributed by atoms with E-state index in [-0.39, 0.29) is 6.54 Å². The van der Waals surface area contributed by atoms with Gasteiger partial charge < -0.3 is 25.2 Å². The van der Waals surface area contributed by atoms with E-state index in [0.717, 1.165) is 0 Å². The molecule has 0 amide bonds. The van der Waals surface area contributed by atoms with E-state index in [1.165, 1.54) is 0 Å². The molecule has 1 fully saturated rings. The van der Waals surface area contributed by atoms with Gasteiger partial charge in [0, 0.05) is 4.91 Å². The number of rotatable bonds is 2. The fourth-order valence-electron chi connectivity index (χ4n) is 1.20. The van der Waals surface area contributed by atoms with Gasteiger partial charge in [0.2, 0.25) is 0 Å². The van der Waals surface area contributed by atoms with Crippen molar-refractivity contribution < 1.29 is 25.2 Å². The molecule has 8 nitrogen and oxygen atoms in total. The summed E-state index contributed by atoms with van der Waals surface area (Å²) in [5, 5.41) is 39.8. The average molecular weight is 205 g/mol. The molecule has 0 saturated carbocycles. The number of hydrogen-bond donors (Lipinski definition) is 4. The van der Waals surface area contributed by atoms with Crippen molar-refractivity contribution in [3.05, 3.63) is 10.4 Å². The minimum atomic E-state index is -1.59. The van der Waals surface area contributed by atoms with Crippen LogP contribution in [0.1, 0.15) is 0 Å². The lowest BCUT2D eigenvalue weighted by molar-refractivity contribution is -0.279. The van der Waals surface area contributed by atoms with Crippen LogP contribution >= 0.6 is 0 Å². The molecule has 80 valence electrons. The van der Waals surface area contributed by atoms with E-state index < -0.39 is 30.7 Å². The second kappa shape index (κ2) is 4.56. The van der Waals surface area contributed by atoms with E-state index in [1.54, 1.807) is 0 Å². The summed E-state index contributed by atoms with van der Waals surface area (Å²) in [6.45, 7) is -0.224. The van der Waals surface area contributed by atoms with E-state index in [0.29, 0.717) is 0 Å². The lowest BCUT2D eigenvalue weighted by Gasteiger charge is -2.37. The first kappa shape index (κ1) is 11.2. The number of ether oxygens (including phenoxy) is 1. The summed E-state index contributed by atoms with van der Waals surface area (Å²) in [6, 6.07) is 0. The Morgan fingerprint density at radius 1 is 1.14 bits per heavy atom. The Morgan fingerprint density at radius 2 is 1.79 bits per heavy atom. The van der Waals surface area contributed by atoms with E-state index in [2.05, 4.69) is 10.0 Å². The SMILES string of the molecule is [N-]=[N+]=NC[C@H]1O[C@H](O)[C@@H](O)[C@@H](O)[C@H]1O. The molecule has 0 unspecified atom stereocenters. The summed E-state index contributed by atoms with van der Waals surface area (Å²) in [4.78, 5) is 2.44. The Bertz CT molecular complexity index is 244. The van der Waals surface area contributed by atoms with Crippen molar-refractivity contribution in [2.24, 2.45) is 5.11 Å². The standard InChI is InChI=1S/C6H11N3O5/c7-9-8-1-2-3(10)4(11)5(12)6(13)14-2/h2-6,10-13H,1H2/t2-,3+,4+,5+,6+/m1/s1. The van der Waals surface area contributed by atoms with Gasteiger partial charge in [-0.1, -0.05) is 5.11 Å². The first-order valence-corrected chi connectivity index (χ1v) is 3.96. The van der Waals surface area contributed by atoms with Crippen molar-refractivity contribution in [1.82, 2.24) is 0 Å². The Morgan fingerprint density at radius 3 is 2.36 bits per heavy atom. The summed E-state index contributed by atoms with van der Waals surface area (Å²) >= 11 is 0. The quantitative estimate of drug-likeness (QED) is 0.237. The summed E-state index contributed by atoms with van der Waals surface area (Å²) in [6.07, 6.45) is -7.07. The predicted octanol–water partition coefficient (Wildman–Crippen LogP) is -1.90. The van der Waals surface area contributed by atoms with E-state index in [1.807, 2.05) is 0 Å². The minimum absolute atomic E-state index is 0.224. The van der Waals surface area contributed by atoms with E-state index >= 15 is 0 Å². The van der Waals surface area contributed by atoms with Crippen LogP contribution in [0.2, 0.25) is 0 Å². The summed E-state index contributed by atoms with van der Waals surface area (Å²) < 4.78 is 4.71. The van der Waals surface area contributed by atoms with Crippen molar-refractivity contribution in [1.29, 1.82) is 0 Å². The normalized spacial score (nSPS) is 43.0. The van der Waals surface area contributed by atoms with Crippen molar-refractivity contribution in [3.8, 4) is 0 Å². The molecule has 0 aromatic heterocycles. The Balaban J connectivity index is 2.64. The molecule has 0 aliphatic carbocycles. The monoisotopic (exact) mass is 205 g/mol. The van der Waals surface area contributed by atoms with Gasteiger partial charge in [-0.3, -0.25) is 0 Å². The summed E-state index contributed by atoms with van der Waals surface area (Å²) in [7, 11) is 0. The third kappa shape index (κ3) is 2.13. The van der Waals surface area contributed by atoms with Crippen LogP contribution in [0, 0.1) is 0 Å². The highest BCUT2D eigenvalue weighted by Crippen LogP contribution is 2.19. The molecule has 0 bridgehead atoms. The van der Waals surface area contributed by atoms with Crippen molar-refractivity contribution >= 4 is 0 Å². The molecular formula is C6H11N3O5. The van der Waals surface area contributed by atoms with Gasteiger partial charge in [0.05, 0.1) is 12.6 Å². The van der Waals surface area contributed by atoms with Crippen molar-refractivity contribution in [2.45, 2.75) is 30.7 Å². The molecular weight excluding hydrogens is 194 g/mol. The largest absolute Gasteiger partial charge is 0.388 e. The zero-order valence-electron chi connectivity index (χ0n) is 7.13. The fraction of sp³-hybridized carbons (Fsp3) is 1.00. The molecule has 14 heavy (non-hydrogen) atoms. The Hall–Kier alpha value is -0.890. The maximum absolute atomic E-state index is 9.32. The third-order valence-electron chi connectivity index (χ3n) is 2.01. The van der Waals surface area contributed by atoms with Gasteiger partial charge >= 0.3 is 0 Å². The van der Waals surface area contributed by atoms with Crippen LogP contribution in [0.3, 0.4) is 0 Å². The molecule has 8 heteroatoms. The first-order chi connectivity index (χ1) is 6.57. The highest BCUT2D eigenvalue weighted by atomic mass is 16.6. The lowest BCUT2D eigenvalue weighted by atomic mass is 9.99. The number of aliphatic hydroxyl groups excluding tert-OH is 4. The molecule has 1 aliphatic rings. The molecule has 0 radical (unpaired) electrons. The third-order valence-corrected chi connectivity index (χ3v) is 2.01. The number of nitrogens with zero attached hydrogens (tertiary/aromatic N) is 3. The smallest absolute Gasteiger partial charge is 0.183 e. The first-order valence-electron chi connectivity index (χ1n) is 3.96.